The Bertz CT molecular complexity index is 474. The molecule has 3 fully saturated rings. The lowest BCUT2D eigenvalue weighted by Crippen LogP contribution is -2.29. The average molecular weight is 304 g/mol. The van der Waals surface area contributed by atoms with E-state index < -0.39 is 0 Å². The van der Waals surface area contributed by atoms with Crippen LogP contribution in [0.4, 0.5) is 0 Å². The van der Waals surface area contributed by atoms with Crippen LogP contribution in [0.25, 0.3) is 0 Å². The van der Waals surface area contributed by atoms with E-state index in [9.17, 15) is 0 Å². The predicted molar refractivity (Wildman–Crippen MR) is 90.9 cm³/mol. The summed E-state index contributed by atoms with van der Waals surface area (Å²) >= 11 is 0. The number of ether oxygens (including phenoxy) is 2. The van der Waals surface area contributed by atoms with E-state index in [4.69, 9.17) is 9.47 Å². The Balaban J connectivity index is 0.000000134. The van der Waals surface area contributed by atoms with Gasteiger partial charge in [0.15, 0.2) is 0 Å². The first kappa shape index (κ1) is 16.3. The first-order valence-electron chi connectivity index (χ1n) is 8.95. The third-order valence-electron chi connectivity index (χ3n) is 6.32. The smallest absolute Gasteiger partial charge is 0.0920 e. The van der Waals surface area contributed by atoms with Crippen LogP contribution in [0.3, 0.4) is 0 Å². The number of rotatable bonds is 2. The number of epoxide rings is 2. The van der Waals surface area contributed by atoms with Gasteiger partial charge in [0.05, 0.1) is 23.9 Å². The largest absolute Gasteiger partial charge is 0.370 e. The van der Waals surface area contributed by atoms with Gasteiger partial charge in [-0.2, -0.15) is 0 Å². The molecular formula is C20H32O2. The molecule has 4 rings (SSSR count). The van der Waals surface area contributed by atoms with Gasteiger partial charge in [0.2, 0.25) is 0 Å². The van der Waals surface area contributed by atoms with Gasteiger partial charge < -0.3 is 9.47 Å². The van der Waals surface area contributed by atoms with Gasteiger partial charge in [0.25, 0.3) is 0 Å². The van der Waals surface area contributed by atoms with Crippen LogP contribution in [0, 0.1) is 11.8 Å². The molecule has 2 heteroatoms. The maximum atomic E-state index is 5.66. The summed E-state index contributed by atoms with van der Waals surface area (Å²) < 4.78 is 11.1. The van der Waals surface area contributed by atoms with Gasteiger partial charge in [-0.3, -0.25) is 0 Å². The molecule has 4 aliphatic rings. The fourth-order valence-electron chi connectivity index (χ4n) is 3.96. The van der Waals surface area contributed by atoms with Crippen molar-refractivity contribution >= 4 is 0 Å². The molecular weight excluding hydrogens is 272 g/mol. The fraction of sp³-hybridized carbons (Fsp3) is 0.800. The summed E-state index contributed by atoms with van der Waals surface area (Å²) in [5.41, 5.74) is 3.40. The Labute approximate surface area is 136 Å². The third-order valence-corrected chi connectivity index (χ3v) is 6.32. The normalized spacial score (nSPS) is 45.8. The van der Waals surface area contributed by atoms with Crippen LogP contribution in [0.2, 0.25) is 0 Å². The van der Waals surface area contributed by atoms with Crippen LogP contribution >= 0.6 is 0 Å². The van der Waals surface area contributed by atoms with Crippen molar-refractivity contribution in [2.24, 2.45) is 11.8 Å². The van der Waals surface area contributed by atoms with Crippen LogP contribution in [-0.2, 0) is 9.47 Å². The van der Waals surface area contributed by atoms with Crippen molar-refractivity contribution in [1.82, 2.24) is 0 Å². The molecule has 0 spiro atoms. The van der Waals surface area contributed by atoms with E-state index in [1.54, 1.807) is 5.57 Å². The fourth-order valence-corrected chi connectivity index (χ4v) is 3.96. The molecule has 2 saturated heterocycles. The molecule has 0 radical (unpaired) electrons. The Kier molecular flexibility index (Phi) is 4.28. The van der Waals surface area contributed by atoms with Crippen LogP contribution in [0.1, 0.15) is 66.2 Å². The Morgan fingerprint density at radius 1 is 1.27 bits per heavy atom. The van der Waals surface area contributed by atoms with E-state index in [2.05, 4.69) is 40.3 Å². The minimum absolute atomic E-state index is 0.229. The van der Waals surface area contributed by atoms with Gasteiger partial charge >= 0.3 is 0 Å². The number of hydrogen-bond acceptors (Lipinski definition) is 2. The highest BCUT2D eigenvalue weighted by molar-refractivity contribution is 5.10. The molecule has 0 aromatic rings. The summed E-state index contributed by atoms with van der Waals surface area (Å²) in [4.78, 5) is 0. The van der Waals surface area contributed by atoms with Gasteiger partial charge in [0, 0.05) is 0 Å². The van der Waals surface area contributed by atoms with Gasteiger partial charge in [-0.1, -0.05) is 23.8 Å². The molecule has 5 atom stereocenters. The highest BCUT2D eigenvalue weighted by Gasteiger charge is 2.60. The van der Waals surface area contributed by atoms with Crippen LogP contribution in [0.15, 0.2) is 23.8 Å². The average Bonchev–Trinajstić information content (AvgIpc) is 3.36. The Morgan fingerprint density at radius 3 is 2.50 bits per heavy atom. The second kappa shape index (κ2) is 5.79. The van der Waals surface area contributed by atoms with Crippen molar-refractivity contribution in [3.05, 3.63) is 23.8 Å². The number of allylic oxidation sites excluding steroid dienone is 3. The molecule has 2 aliphatic heterocycles. The van der Waals surface area contributed by atoms with Crippen molar-refractivity contribution in [1.29, 1.82) is 0 Å². The highest BCUT2D eigenvalue weighted by atomic mass is 16.6. The maximum Gasteiger partial charge on any atom is 0.0920 e. The number of fused-ring (bicyclic) bond motifs is 1. The molecule has 0 aromatic carbocycles. The summed E-state index contributed by atoms with van der Waals surface area (Å²) in [5.74, 6) is 1.53. The Morgan fingerprint density at radius 2 is 2.00 bits per heavy atom. The van der Waals surface area contributed by atoms with Crippen molar-refractivity contribution in [3.63, 3.8) is 0 Å². The second-order valence-electron chi connectivity index (χ2n) is 8.36. The molecule has 0 amide bonds. The van der Waals surface area contributed by atoms with E-state index in [-0.39, 0.29) is 11.2 Å². The summed E-state index contributed by atoms with van der Waals surface area (Å²) in [6.07, 6.45) is 10.5. The summed E-state index contributed by atoms with van der Waals surface area (Å²) in [6.45, 7) is 13.8. The second-order valence-corrected chi connectivity index (χ2v) is 8.36. The molecule has 2 nitrogen and oxygen atoms in total. The maximum absolute atomic E-state index is 5.66. The molecule has 0 bridgehead atoms. The monoisotopic (exact) mass is 304 g/mol. The summed E-state index contributed by atoms with van der Waals surface area (Å²) in [7, 11) is 0. The molecule has 2 heterocycles. The molecule has 0 N–H and O–H groups in total. The molecule has 1 saturated carbocycles. The van der Waals surface area contributed by atoms with Crippen molar-refractivity contribution in [3.8, 4) is 0 Å². The zero-order valence-corrected chi connectivity index (χ0v) is 14.8. The van der Waals surface area contributed by atoms with Crippen LogP contribution in [0.5, 0.6) is 0 Å². The van der Waals surface area contributed by atoms with E-state index in [0.29, 0.717) is 6.10 Å². The van der Waals surface area contributed by atoms with Gasteiger partial charge in [0.1, 0.15) is 0 Å². The van der Waals surface area contributed by atoms with Crippen molar-refractivity contribution in [2.45, 2.75) is 83.5 Å². The minimum Gasteiger partial charge on any atom is -0.370 e. The van der Waals surface area contributed by atoms with Crippen molar-refractivity contribution < 1.29 is 9.47 Å². The van der Waals surface area contributed by atoms with E-state index in [1.165, 1.54) is 44.1 Å². The zero-order chi connectivity index (χ0) is 16.0. The lowest BCUT2D eigenvalue weighted by molar-refractivity contribution is 0.191. The van der Waals surface area contributed by atoms with E-state index in [0.717, 1.165) is 18.4 Å². The number of hydrogen-bond donors (Lipinski definition) is 0. The lowest BCUT2D eigenvalue weighted by Gasteiger charge is -2.25. The van der Waals surface area contributed by atoms with Crippen molar-refractivity contribution in [2.75, 3.05) is 6.61 Å². The lowest BCUT2D eigenvalue weighted by atomic mass is 9.77. The third kappa shape index (κ3) is 3.49. The first-order chi connectivity index (χ1) is 10.3. The Hall–Kier alpha value is -0.600. The molecule has 0 aromatic heterocycles. The van der Waals surface area contributed by atoms with Gasteiger partial charge in [-0.05, 0) is 78.1 Å². The van der Waals surface area contributed by atoms with E-state index in [1.807, 2.05) is 0 Å². The molecule has 124 valence electrons. The summed E-state index contributed by atoms with van der Waals surface area (Å²) in [6, 6.07) is 0. The van der Waals surface area contributed by atoms with Gasteiger partial charge in [-0.15, -0.1) is 0 Å². The summed E-state index contributed by atoms with van der Waals surface area (Å²) in [5, 5.41) is 0. The highest BCUT2D eigenvalue weighted by Crippen LogP contribution is 2.54. The first-order valence-corrected chi connectivity index (χ1v) is 8.95. The topological polar surface area (TPSA) is 25.1 Å². The van der Waals surface area contributed by atoms with Crippen LogP contribution in [-0.4, -0.2) is 23.9 Å². The van der Waals surface area contributed by atoms with E-state index >= 15 is 0 Å². The molecule has 5 unspecified atom stereocenters. The SMILES string of the molecule is C=C(C)C1CC=C(C)CC1.CC1(C2CCC3(C)OC3C2)CO1. The minimum atomic E-state index is 0.229. The molecule has 2 aliphatic carbocycles. The standard InChI is InChI=1S/C10H16O2.C10H16/c1-9-4-3-7(5-8(9)12-9)10(2)6-11-10;1-8(2)10-6-4-9(3)5-7-10/h7-8H,3-6H2,1-2H3;4,10H,1,5-7H2,2-3H3. The predicted octanol–water partition coefficient (Wildman–Crippen LogP) is 5.04. The van der Waals surface area contributed by atoms with Crippen LogP contribution < -0.4 is 0 Å². The zero-order valence-electron chi connectivity index (χ0n) is 14.8. The molecule has 22 heavy (non-hydrogen) atoms. The van der Waals surface area contributed by atoms with Gasteiger partial charge in [-0.25, -0.2) is 0 Å². The quantitative estimate of drug-likeness (QED) is 0.527.